The van der Waals surface area contributed by atoms with E-state index in [2.05, 4.69) is 22.9 Å². The molecule has 0 spiro atoms. The summed E-state index contributed by atoms with van der Waals surface area (Å²) in [6, 6.07) is 0. The van der Waals surface area contributed by atoms with Gasteiger partial charge in [0.1, 0.15) is 6.10 Å². The van der Waals surface area contributed by atoms with Crippen molar-refractivity contribution in [2.24, 2.45) is 29.1 Å². The van der Waals surface area contributed by atoms with Crippen molar-refractivity contribution in [3.05, 3.63) is 11.6 Å². The average Bonchev–Trinajstić information content (AvgIpc) is 2.78. The van der Waals surface area contributed by atoms with Gasteiger partial charge in [0.2, 0.25) is 0 Å². The topological polar surface area (TPSA) is 66.8 Å². The summed E-state index contributed by atoms with van der Waals surface area (Å²) >= 11 is 3.76. The summed E-state index contributed by atoms with van der Waals surface area (Å²) in [6.07, 6.45) is 6.95. The van der Waals surface area contributed by atoms with Crippen LogP contribution in [-0.2, 0) is 9.53 Å². The van der Waals surface area contributed by atoms with Gasteiger partial charge in [0, 0.05) is 12.3 Å². The molecule has 2 N–H and O–H groups in total. The van der Waals surface area contributed by atoms with Gasteiger partial charge in [0.15, 0.2) is 0 Å². The number of rotatable bonds is 1. The summed E-state index contributed by atoms with van der Waals surface area (Å²) in [4.78, 5) is 11.8. The molecule has 0 saturated heterocycles. The monoisotopic (exact) mass is 412 g/mol. The van der Waals surface area contributed by atoms with Gasteiger partial charge in [-0.15, -0.1) is 0 Å². The first-order valence-corrected chi connectivity index (χ1v) is 10.6. The highest BCUT2D eigenvalue weighted by Gasteiger charge is 2.61. The largest absolute Gasteiger partial charge is 0.461 e. The fourth-order valence-electron chi connectivity index (χ4n) is 6.59. The van der Waals surface area contributed by atoms with Gasteiger partial charge in [-0.2, -0.15) is 0 Å². The molecular weight excluding hydrogens is 384 g/mol. The molecule has 140 valence electrons. The van der Waals surface area contributed by atoms with Gasteiger partial charge in [0.25, 0.3) is 0 Å². The number of hydrogen-bond acceptors (Lipinski definition) is 4. The number of aliphatic hydroxyl groups is 2. The van der Waals surface area contributed by atoms with Crippen LogP contribution in [-0.4, -0.2) is 39.3 Å². The van der Waals surface area contributed by atoms with E-state index in [1.54, 1.807) is 0 Å². The summed E-state index contributed by atoms with van der Waals surface area (Å²) in [5.41, 5.74) is 1.21. The third kappa shape index (κ3) is 2.81. The lowest BCUT2D eigenvalue weighted by Crippen LogP contribution is -2.52. The molecule has 3 fully saturated rings. The normalized spacial score (nSPS) is 51.8. The second-order valence-corrected chi connectivity index (χ2v) is 10.1. The molecule has 0 bridgehead atoms. The number of carbonyl (C=O) groups is 1. The van der Waals surface area contributed by atoms with Crippen molar-refractivity contribution in [1.82, 2.24) is 0 Å². The Balaban J connectivity index is 1.65. The van der Waals surface area contributed by atoms with E-state index in [4.69, 9.17) is 4.74 Å². The van der Waals surface area contributed by atoms with Crippen molar-refractivity contribution >= 4 is 21.9 Å². The first kappa shape index (κ1) is 18.0. The van der Waals surface area contributed by atoms with Gasteiger partial charge in [-0.1, -0.05) is 34.5 Å². The molecule has 0 radical (unpaired) electrons. The van der Waals surface area contributed by atoms with Gasteiger partial charge >= 0.3 is 5.97 Å². The Morgan fingerprint density at radius 2 is 2.08 bits per heavy atom. The van der Waals surface area contributed by atoms with Crippen LogP contribution in [0.5, 0.6) is 0 Å². The Morgan fingerprint density at radius 1 is 1.32 bits per heavy atom. The summed E-state index contributed by atoms with van der Waals surface area (Å²) in [6.45, 7) is 3.74. The van der Waals surface area contributed by atoms with Crippen molar-refractivity contribution in [2.45, 2.75) is 75.5 Å². The number of halogens is 1. The molecule has 9 unspecified atom stereocenters. The van der Waals surface area contributed by atoms with Crippen molar-refractivity contribution in [1.29, 1.82) is 0 Å². The van der Waals surface area contributed by atoms with E-state index >= 15 is 0 Å². The summed E-state index contributed by atoms with van der Waals surface area (Å²) in [5.74, 6) is 1.40. The maximum Gasteiger partial charge on any atom is 0.302 e. The first-order valence-electron chi connectivity index (χ1n) is 9.69. The lowest BCUT2D eigenvalue weighted by Gasteiger charge is -2.54. The van der Waals surface area contributed by atoms with Crippen LogP contribution in [0.25, 0.3) is 0 Å². The highest BCUT2D eigenvalue weighted by Crippen LogP contribution is 2.62. The van der Waals surface area contributed by atoms with Crippen LogP contribution in [0.2, 0.25) is 0 Å². The van der Waals surface area contributed by atoms with Crippen LogP contribution in [0.15, 0.2) is 11.6 Å². The van der Waals surface area contributed by atoms with Crippen LogP contribution >= 0.6 is 15.9 Å². The fraction of sp³-hybridized carbons (Fsp3) is 0.850. The number of hydrogen-bond donors (Lipinski definition) is 2. The Hall–Kier alpha value is -0.390. The molecule has 4 nitrogen and oxygen atoms in total. The van der Waals surface area contributed by atoms with Crippen LogP contribution < -0.4 is 0 Å². The molecule has 25 heavy (non-hydrogen) atoms. The van der Waals surface area contributed by atoms with Crippen molar-refractivity contribution in [2.75, 3.05) is 0 Å². The number of carbonyl (C=O) groups excluding carboxylic acids is 1. The second-order valence-electron chi connectivity index (χ2n) is 8.95. The van der Waals surface area contributed by atoms with E-state index < -0.39 is 6.10 Å². The Morgan fingerprint density at radius 3 is 2.80 bits per heavy atom. The van der Waals surface area contributed by atoms with E-state index in [9.17, 15) is 15.0 Å². The quantitative estimate of drug-likeness (QED) is 0.394. The minimum Gasteiger partial charge on any atom is -0.461 e. The van der Waals surface area contributed by atoms with Gasteiger partial charge < -0.3 is 14.9 Å². The fourth-order valence-corrected chi connectivity index (χ4v) is 7.71. The Labute approximate surface area is 158 Å². The highest BCUT2D eigenvalue weighted by molar-refractivity contribution is 9.09. The first-order chi connectivity index (χ1) is 11.8. The summed E-state index contributed by atoms with van der Waals surface area (Å²) in [7, 11) is 0. The number of fused-ring (bicyclic) bond motifs is 5. The number of aliphatic hydroxyl groups excluding tert-OH is 2. The van der Waals surface area contributed by atoms with Gasteiger partial charge in [-0.25, -0.2) is 0 Å². The molecule has 0 aromatic carbocycles. The standard InChI is InChI=1S/C20H29BrO4/c1-10(22)25-19-16(21)9-15-18-14(5-6-20(15,19)2)13-4-3-12(23)7-11(13)8-17(18)24/h8,12-19,23-24H,3-7,9H2,1-2H3. The number of ether oxygens (including phenoxy) is 1. The van der Waals surface area contributed by atoms with E-state index in [0.29, 0.717) is 17.8 Å². The lowest BCUT2D eigenvalue weighted by molar-refractivity contribution is -0.157. The van der Waals surface area contributed by atoms with E-state index in [0.717, 1.165) is 38.5 Å². The Kier molecular flexibility index (Phi) is 4.57. The number of alkyl halides is 1. The molecule has 0 aliphatic heterocycles. The summed E-state index contributed by atoms with van der Waals surface area (Å²) < 4.78 is 5.72. The predicted octanol–water partition coefficient (Wildman–Crippen LogP) is 3.20. The average molecular weight is 413 g/mol. The molecule has 0 amide bonds. The van der Waals surface area contributed by atoms with Gasteiger partial charge in [-0.3, -0.25) is 4.79 Å². The van der Waals surface area contributed by atoms with Crippen molar-refractivity contribution < 1.29 is 19.7 Å². The zero-order valence-electron chi connectivity index (χ0n) is 15.0. The minimum atomic E-state index is -0.443. The molecule has 4 rings (SSSR count). The zero-order chi connectivity index (χ0) is 17.9. The second kappa shape index (κ2) is 6.35. The molecule has 0 aromatic rings. The molecular formula is C20H29BrO4. The van der Waals surface area contributed by atoms with Gasteiger partial charge in [-0.05, 0) is 62.2 Å². The van der Waals surface area contributed by atoms with Crippen LogP contribution in [0.4, 0.5) is 0 Å². The molecule has 0 heterocycles. The Bertz CT molecular complexity index is 590. The molecule has 0 aromatic heterocycles. The van der Waals surface area contributed by atoms with Crippen molar-refractivity contribution in [3.8, 4) is 0 Å². The van der Waals surface area contributed by atoms with E-state index in [1.807, 2.05) is 6.08 Å². The zero-order valence-corrected chi connectivity index (χ0v) is 16.6. The minimum absolute atomic E-state index is 0.0679. The lowest BCUT2D eigenvalue weighted by atomic mass is 9.52. The van der Waals surface area contributed by atoms with Crippen LogP contribution in [0.3, 0.4) is 0 Å². The maximum atomic E-state index is 11.6. The molecule has 5 heteroatoms. The van der Waals surface area contributed by atoms with Crippen LogP contribution in [0, 0.1) is 29.1 Å². The summed E-state index contributed by atoms with van der Waals surface area (Å²) in [5, 5.41) is 21.0. The van der Waals surface area contributed by atoms with Gasteiger partial charge in [0.05, 0.1) is 17.0 Å². The highest BCUT2D eigenvalue weighted by atomic mass is 79.9. The third-order valence-electron chi connectivity index (χ3n) is 7.63. The molecule has 3 saturated carbocycles. The third-order valence-corrected chi connectivity index (χ3v) is 8.48. The van der Waals surface area contributed by atoms with Crippen molar-refractivity contribution in [3.63, 3.8) is 0 Å². The smallest absolute Gasteiger partial charge is 0.302 e. The van der Waals surface area contributed by atoms with E-state index in [-0.39, 0.29) is 34.3 Å². The van der Waals surface area contributed by atoms with Crippen LogP contribution in [0.1, 0.15) is 52.4 Å². The van der Waals surface area contributed by atoms with E-state index in [1.165, 1.54) is 12.5 Å². The molecule has 9 atom stereocenters. The maximum absolute atomic E-state index is 11.6. The predicted molar refractivity (Wildman–Crippen MR) is 98.1 cm³/mol. The number of esters is 1. The SMILES string of the molecule is CC(=O)OC1C(Br)CC2C3C(O)C=C4CC(O)CCC4C3CCC21C. The molecule has 4 aliphatic rings. The molecule has 4 aliphatic carbocycles.